The third-order valence-electron chi connectivity index (χ3n) is 3.33. The van der Waals surface area contributed by atoms with Gasteiger partial charge in [-0.3, -0.25) is 0 Å². The Morgan fingerprint density at radius 1 is 1.00 bits per heavy atom. The average molecular weight is 293 g/mol. The van der Waals surface area contributed by atoms with Crippen molar-refractivity contribution in [2.45, 2.75) is 33.6 Å². The summed E-state index contributed by atoms with van der Waals surface area (Å²) >= 11 is 0. The highest BCUT2D eigenvalue weighted by molar-refractivity contribution is 5.89. The second-order valence-corrected chi connectivity index (χ2v) is 4.82. The van der Waals surface area contributed by atoms with E-state index in [9.17, 15) is 4.79 Å². The number of hydrogen-bond acceptors (Lipinski definition) is 4. The van der Waals surface area contributed by atoms with Gasteiger partial charge in [-0.1, -0.05) is 13.3 Å². The van der Waals surface area contributed by atoms with E-state index in [1.807, 2.05) is 24.3 Å². The fourth-order valence-electron chi connectivity index (χ4n) is 2.02. The van der Waals surface area contributed by atoms with Crippen LogP contribution >= 0.6 is 0 Å². The first-order valence-corrected chi connectivity index (χ1v) is 7.82. The van der Waals surface area contributed by atoms with Gasteiger partial charge in [-0.25, -0.2) is 4.79 Å². The van der Waals surface area contributed by atoms with Crippen LogP contribution in [0, 0.1) is 0 Å². The van der Waals surface area contributed by atoms with Crippen LogP contribution in [0.25, 0.3) is 0 Å². The Bertz CT molecular complexity index is 399. The van der Waals surface area contributed by atoms with Gasteiger partial charge in [0.15, 0.2) is 0 Å². The molecule has 0 radical (unpaired) electrons. The van der Waals surface area contributed by atoms with Crippen molar-refractivity contribution in [1.82, 2.24) is 0 Å². The monoisotopic (exact) mass is 293 g/mol. The molecule has 0 aromatic heterocycles. The van der Waals surface area contributed by atoms with E-state index in [0.29, 0.717) is 18.8 Å². The molecule has 0 atom stereocenters. The molecule has 1 aromatic carbocycles. The quantitative estimate of drug-likeness (QED) is 0.489. The maximum absolute atomic E-state index is 11.9. The summed E-state index contributed by atoms with van der Waals surface area (Å²) in [5.41, 5.74) is 1.71. The molecule has 0 saturated heterocycles. The van der Waals surface area contributed by atoms with Crippen molar-refractivity contribution in [1.29, 1.82) is 0 Å². The van der Waals surface area contributed by atoms with Crippen molar-refractivity contribution in [2.75, 3.05) is 37.8 Å². The lowest BCUT2D eigenvalue weighted by Crippen LogP contribution is -2.21. The van der Waals surface area contributed by atoms with Crippen molar-refractivity contribution in [2.24, 2.45) is 0 Å². The van der Waals surface area contributed by atoms with Gasteiger partial charge in [-0.2, -0.15) is 0 Å². The largest absolute Gasteiger partial charge is 0.460 e. The van der Waals surface area contributed by atoms with Crippen LogP contribution in [0.1, 0.15) is 44.0 Å². The van der Waals surface area contributed by atoms with Gasteiger partial charge in [-0.05, 0) is 44.5 Å². The molecule has 1 rings (SSSR count). The Kier molecular flexibility index (Phi) is 8.51. The second kappa shape index (κ2) is 10.2. The number of nitrogens with zero attached hydrogens (tertiary/aromatic N) is 1. The molecule has 0 fully saturated rings. The predicted molar refractivity (Wildman–Crippen MR) is 86.0 cm³/mol. The zero-order valence-electron chi connectivity index (χ0n) is 13.4. The number of carbonyl (C=O) groups is 1. The lowest BCUT2D eigenvalue weighted by molar-refractivity contribution is 0.0314. The van der Waals surface area contributed by atoms with Gasteiger partial charge in [0.2, 0.25) is 0 Å². The summed E-state index contributed by atoms with van der Waals surface area (Å²) in [6.07, 6.45) is 2.15. The summed E-state index contributed by atoms with van der Waals surface area (Å²) in [6.45, 7) is 9.75. The summed E-state index contributed by atoms with van der Waals surface area (Å²) in [5, 5.41) is 0. The van der Waals surface area contributed by atoms with E-state index < -0.39 is 0 Å². The molecule has 118 valence electrons. The maximum atomic E-state index is 11.9. The third-order valence-corrected chi connectivity index (χ3v) is 3.33. The second-order valence-electron chi connectivity index (χ2n) is 4.82. The summed E-state index contributed by atoms with van der Waals surface area (Å²) in [5.74, 6) is -0.291. The van der Waals surface area contributed by atoms with Gasteiger partial charge in [0.25, 0.3) is 0 Å². The minimum absolute atomic E-state index is 0.291. The van der Waals surface area contributed by atoms with Crippen LogP contribution in [-0.4, -0.2) is 38.9 Å². The van der Waals surface area contributed by atoms with E-state index in [1.165, 1.54) is 0 Å². The fraction of sp³-hybridized carbons (Fsp3) is 0.588. The zero-order valence-corrected chi connectivity index (χ0v) is 13.4. The van der Waals surface area contributed by atoms with Gasteiger partial charge in [-0.15, -0.1) is 0 Å². The van der Waals surface area contributed by atoms with Crippen molar-refractivity contribution in [3.63, 3.8) is 0 Å². The average Bonchev–Trinajstić information content (AvgIpc) is 2.52. The van der Waals surface area contributed by atoms with E-state index in [2.05, 4.69) is 25.7 Å². The van der Waals surface area contributed by atoms with E-state index >= 15 is 0 Å². The molecule has 0 aliphatic carbocycles. The topological polar surface area (TPSA) is 38.8 Å². The Morgan fingerprint density at radius 3 is 2.24 bits per heavy atom. The van der Waals surface area contributed by atoms with Gasteiger partial charge in [0, 0.05) is 25.4 Å². The van der Waals surface area contributed by atoms with E-state index in [4.69, 9.17) is 9.47 Å². The first kappa shape index (κ1) is 17.5. The number of anilines is 1. The molecule has 1 aromatic rings. The number of esters is 1. The Morgan fingerprint density at radius 2 is 1.67 bits per heavy atom. The molecule has 4 nitrogen and oxygen atoms in total. The lowest BCUT2D eigenvalue weighted by atomic mass is 10.2. The van der Waals surface area contributed by atoms with Crippen LogP contribution in [0.5, 0.6) is 0 Å². The molecule has 0 bridgehead atoms. The van der Waals surface area contributed by atoms with Gasteiger partial charge >= 0.3 is 5.97 Å². The predicted octanol–water partition coefficient (Wildman–Crippen LogP) is 3.51. The Labute approximate surface area is 128 Å². The number of ether oxygens (including phenoxy) is 2. The molecule has 0 aliphatic rings. The van der Waals surface area contributed by atoms with E-state index in [0.717, 1.165) is 38.2 Å². The zero-order chi connectivity index (χ0) is 15.5. The van der Waals surface area contributed by atoms with Crippen molar-refractivity contribution >= 4 is 11.7 Å². The maximum Gasteiger partial charge on any atom is 0.338 e. The molecule has 0 spiro atoms. The van der Waals surface area contributed by atoms with Crippen LogP contribution < -0.4 is 4.90 Å². The molecule has 0 saturated carbocycles. The van der Waals surface area contributed by atoms with Gasteiger partial charge in [0.05, 0.1) is 12.2 Å². The molecule has 0 heterocycles. The van der Waals surface area contributed by atoms with Gasteiger partial charge in [0.1, 0.15) is 6.61 Å². The highest BCUT2D eigenvalue weighted by Gasteiger charge is 2.08. The van der Waals surface area contributed by atoms with Crippen LogP contribution in [0.2, 0.25) is 0 Å². The summed E-state index contributed by atoms with van der Waals surface area (Å²) in [7, 11) is 0. The standard InChI is InChI=1S/C17H27NO3/c1-4-7-12-20-13-14-21-17(19)15-8-10-16(11-9-15)18(5-2)6-3/h8-11H,4-7,12-14H2,1-3H3. The van der Waals surface area contributed by atoms with Crippen molar-refractivity contribution in [3.05, 3.63) is 29.8 Å². The molecular weight excluding hydrogens is 266 g/mol. The smallest absolute Gasteiger partial charge is 0.338 e. The number of benzene rings is 1. The highest BCUT2D eigenvalue weighted by atomic mass is 16.6. The van der Waals surface area contributed by atoms with Crippen LogP contribution in [0.15, 0.2) is 24.3 Å². The fourth-order valence-corrected chi connectivity index (χ4v) is 2.02. The van der Waals surface area contributed by atoms with Crippen molar-refractivity contribution < 1.29 is 14.3 Å². The van der Waals surface area contributed by atoms with Gasteiger partial charge < -0.3 is 14.4 Å². The first-order chi connectivity index (χ1) is 10.2. The van der Waals surface area contributed by atoms with Crippen LogP contribution in [-0.2, 0) is 9.47 Å². The normalized spacial score (nSPS) is 10.4. The van der Waals surface area contributed by atoms with Crippen LogP contribution in [0.4, 0.5) is 5.69 Å². The minimum atomic E-state index is -0.291. The molecule has 0 unspecified atom stereocenters. The summed E-state index contributed by atoms with van der Waals surface area (Å²) in [4.78, 5) is 14.1. The lowest BCUT2D eigenvalue weighted by Gasteiger charge is -2.20. The molecule has 0 aliphatic heterocycles. The SMILES string of the molecule is CCCCOCCOC(=O)c1ccc(N(CC)CC)cc1. The first-order valence-electron chi connectivity index (χ1n) is 7.82. The molecular formula is C17H27NO3. The number of carbonyl (C=O) groups excluding carboxylic acids is 1. The Hall–Kier alpha value is -1.55. The number of rotatable bonds is 10. The number of hydrogen-bond donors (Lipinski definition) is 0. The molecule has 21 heavy (non-hydrogen) atoms. The number of unbranched alkanes of at least 4 members (excludes halogenated alkanes) is 1. The molecule has 0 N–H and O–H groups in total. The van der Waals surface area contributed by atoms with Crippen molar-refractivity contribution in [3.8, 4) is 0 Å². The molecule has 0 amide bonds. The molecule has 4 heteroatoms. The third kappa shape index (κ3) is 6.17. The summed E-state index contributed by atoms with van der Waals surface area (Å²) < 4.78 is 10.5. The summed E-state index contributed by atoms with van der Waals surface area (Å²) in [6, 6.07) is 7.55. The Balaban J connectivity index is 2.37. The minimum Gasteiger partial charge on any atom is -0.460 e. The van der Waals surface area contributed by atoms with Crippen LogP contribution in [0.3, 0.4) is 0 Å². The van der Waals surface area contributed by atoms with E-state index in [-0.39, 0.29) is 5.97 Å². The highest BCUT2D eigenvalue weighted by Crippen LogP contribution is 2.15. The van der Waals surface area contributed by atoms with E-state index in [1.54, 1.807) is 0 Å².